The van der Waals surface area contributed by atoms with E-state index in [9.17, 15) is 0 Å². The van der Waals surface area contributed by atoms with E-state index < -0.39 is 0 Å². The summed E-state index contributed by atoms with van der Waals surface area (Å²) >= 11 is 0. The Bertz CT molecular complexity index is 914. The van der Waals surface area contributed by atoms with Gasteiger partial charge in [-0.15, -0.1) is 0 Å². The van der Waals surface area contributed by atoms with Crippen LogP contribution in [0.15, 0.2) is 72.3 Å². The Morgan fingerprint density at radius 1 is 0.792 bits per heavy atom. The van der Waals surface area contributed by atoms with Gasteiger partial charge in [0.25, 0.3) is 0 Å². The summed E-state index contributed by atoms with van der Waals surface area (Å²) in [7, 11) is 0. The van der Waals surface area contributed by atoms with Gasteiger partial charge in [0, 0.05) is 0 Å². The Labute approximate surface area is 144 Å². The van der Waals surface area contributed by atoms with Crippen molar-refractivity contribution in [3.63, 3.8) is 0 Å². The van der Waals surface area contributed by atoms with E-state index >= 15 is 0 Å². The van der Waals surface area contributed by atoms with E-state index in [2.05, 4.69) is 86.7 Å². The molecule has 0 heterocycles. The summed E-state index contributed by atoms with van der Waals surface area (Å²) < 4.78 is 0. The van der Waals surface area contributed by atoms with E-state index in [1.807, 2.05) is 0 Å². The van der Waals surface area contributed by atoms with Gasteiger partial charge in [0.15, 0.2) is 0 Å². The van der Waals surface area contributed by atoms with Crippen LogP contribution in [0, 0.1) is 0 Å². The lowest BCUT2D eigenvalue weighted by Crippen LogP contribution is -1.95. The molecule has 0 spiro atoms. The van der Waals surface area contributed by atoms with Crippen molar-refractivity contribution in [3.8, 4) is 22.3 Å². The lowest BCUT2D eigenvalue weighted by molar-refractivity contribution is 1.14. The van der Waals surface area contributed by atoms with Crippen LogP contribution in [0.25, 0.3) is 28.3 Å². The highest BCUT2D eigenvalue weighted by Crippen LogP contribution is 2.42. The van der Waals surface area contributed by atoms with E-state index in [1.54, 1.807) is 0 Å². The molecule has 0 unspecified atom stereocenters. The third kappa shape index (κ3) is 2.49. The van der Waals surface area contributed by atoms with Crippen molar-refractivity contribution in [2.24, 2.45) is 0 Å². The maximum absolute atomic E-state index is 2.38. The molecule has 0 bridgehead atoms. The number of hydrogen-bond acceptors (Lipinski definition) is 0. The molecule has 0 heteroatoms. The summed E-state index contributed by atoms with van der Waals surface area (Å²) in [6.45, 7) is 4.48. The van der Waals surface area contributed by atoms with Crippen LogP contribution in [0.3, 0.4) is 0 Å². The molecule has 0 aliphatic heterocycles. The van der Waals surface area contributed by atoms with Crippen molar-refractivity contribution in [2.75, 3.05) is 0 Å². The van der Waals surface area contributed by atoms with Gasteiger partial charge in [-0.3, -0.25) is 0 Å². The summed E-state index contributed by atoms with van der Waals surface area (Å²) in [6.07, 6.45) is 4.51. The Morgan fingerprint density at radius 3 is 2.33 bits per heavy atom. The molecule has 24 heavy (non-hydrogen) atoms. The highest BCUT2D eigenvalue weighted by atomic mass is 14.2. The summed E-state index contributed by atoms with van der Waals surface area (Å²) in [5.74, 6) is 0. The molecule has 4 rings (SSSR count). The van der Waals surface area contributed by atoms with Crippen LogP contribution in [0.2, 0.25) is 0 Å². The van der Waals surface area contributed by atoms with Crippen LogP contribution in [-0.4, -0.2) is 0 Å². The van der Waals surface area contributed by atoms with Gasteiger partial charge in [0.2, 0.25) is 0 Å². The number of fused-ring (bicyclic) bond motifs is 1. The maximum Gasteiger partial charge on any atom is -0.00272 e. The third-order valence-electron chi connectivity index (χ3n) is 4.95. The molecule has 0 aromatic heterocycles. The highest BCUT2D eigenvalue weighted by Gasteiger charge is 2.20. The fraction of sp³-hybridized carbons (Fsp3) is 0.167. The first kappa shape index (κ1) is 15.0. The van der Waals surface area contributed by atoms with Crippen LogP contribution in [0.4, 0.5) is 0 Å². The molecule has 0 saturated carbocycles. The van der Waals surface area contributed by atoms with E-state index in [0.717, 1.165) is 12.8 Å². The molecular formula is C24H22. The zero-order valence-electron chi connectivity index (χ0n) is 14.3. The van der Waals surface area contributed by atoms with Crippen molar-refractivity contribution in [1.29, 1.82) is 0 Å². The summed E-state index contributed by atoms with van der Waals surface area (Å²) in [4.78, 5) is 0. The second-order valence-corrected chi connectivity index (χ2v) is 6.61. The average molecular weight is 310 g/mol. The first-order valence-electron chi connectivity index (χ1n) is 8.74. The molecule has 0 saturated heterocycles. The molecule has 0 atom stereocenters. The molecule has 1 aliphatic rings. The normalized spacial score (nSPS) is 12.8. The number of allylic oxidation sites excluding steroid dienone is 1. The van der Waals surface area contributed by atoms with Gasteiger partial charge in [-0.25, -0.2) is 0 Å². The topological polar surface area (TPSA) is 0 Å². The lowest BCUT2D eigenvalue weighted by Gasteiger charge is -2.17. The van der Waals surface area contributed by atoms with Crippen LogP contribution in [0.5, 0.6) is 0 Å². The minimum atomic E-state index is 1.05. The van der Waals surface area contributed by atoms with E-state index in [4.69, 9.17) is 0 Å². The smallest absolute Gasteiger partial charge is 0.00272 e. The fourth-order valence-electron chi connectivity index (χ4n) is 3.80. The monoisotopic (exact) mass is 310 g/mol. The van der Waals surface area contributed by atoms with Crippen LogP contribution in [-0.2, 0) is 12.8 Å². The van der Waals surface area contributed by atoms with Crippen molar-refractivity contribution in [2.45, 2.75) is 26.7 Å². The predicted octanol–water partition coefficient (Wildman–Crippen LogP) is 6.54. The summed E-state index contributed by atoms with van der Waals surface area (Å²) in [5.41, 5.74) is 11.1. The zero-order chi connectivity index (χ0) is 16.5. The molecule has 118 valence electrons. The maximum atomic E-state index is 2.38. The Hall–Kier alpha value is -2.60. The first-order chi connectivity index (χ1) is 11.8. The molecule has 0 fully saturated rings. The van der Waals surface area contributed by atoms with Gasteiger partial charge in [0.1, 0.15) is 0 Å². The third-order valence-corrected chi connectivity index (χ3v) is 4.95. The highest BCUT2D eigenvalue weighted by molar-refractivity contribution is 5.93. The van der Waals surface area contributed by atoms with Gasteiger partial charge >= 0.3 is 0 Å². The molecule has 3 aromatic carbocycles. The second kappa shape index (κ2) is 6.13. The van der Waals surface area contributed by atoms with Crippen LogP contribution < -0.4 is 0 Å². The summed E-state index contributed by atoms with van der Waals surface area (Å²) in [5, 5.41) is 0. The fourth-order valence-corrected chi connectivity index (χ4v) is 3.80. The number of rotatable bonds is 3. The Balaban J connectivity index is 2.05. The van der Waals surface area contributed by atoms with Crippen molar-refractivity contribution in [1.82, 2.24) is 0 Å². The number of hydrogen-bond donors (Lipinski definition) is 0. The van der Waals surface area contributed by atoms with Gasteiger partial charge < -0.3 is 0 Å². The van der Waals surface area contributed by atoms with Crippen molar-refractivity contribution >= 4 is 6.08 Å². The molecule has 1 aliphatic carbocycles. The van der Waals surface area contributed by atoms with Crippen LogP contribution >= 0.6 is 0 Å². The van der Waals surface area contributed by atoms with Gasteiger partial charge in [0.05, 0.1) is 0 Å². The second-order valence-electron chi connectivity index (χ2n) is 6.61. The standard InChI is InChI=1S/C24H22/c1-3-18-9-7-8-12-21(18)24-22(19-10-5-4-6-11-19)14-13-20-15-17(2)16-23(20)24/h4-14,16H,3,15H2,1-2H3. The molecule has 3 aromatic rings. The van der Waals surface area contributed by atoms with Crippen molar-refractivity contribution < 1.29 is 0 Å². The zero-order valence-corrected chi connectivity index (χ0v) is 14.3. The largest absolute Gasteiger partial charge is 0.0683 e. The molecule has 0 N–H and O–H groups in total. The average Bonchev–Trinajstić information content (AvgIpc) is 3.02. The van der Waals surface area contributed by atoms with E-state index in [0.29, 0.717) is 0 Å². The van der Waals surface area contributed by atoms with E-state index in [1.165, 1.54) is 44.5 Å². The predicted molar refractivity (Wildman–Crippen MR) is 104 cm³/mol. The summed E-state index contributed by atoms with van der Waals surface area (Å²) in [6, 6.07) is 24.2. The number of aryl methyl sites for hydroxylation is 1. The molecule has 0 amide bonds. The SMILES string of the molecule is CCc1ccccc1-c1c(-c2ccccc2)ccc2c1C=C(C)C2. The van der Waals surface area contributed by atoms with Gasteiger partial charge in [-0.1, -0.05) is 85.3 Å². The molecule has 0 radical (unpaired) electrons. The quantitative estimate of drug-likeness (QED) is 0.515. The first-order valence-corrected chi connectivity index (χ1v) is 8.74. The van der Waals surface area contributed by atoms with Gasteiger partial charge in [-0.2, -0.15) is 0 Å². The van der Waals surface area contributed by atoms with Gasteiger partial charge in [-0.05, 0) is 58.7 Å². The Morgan fingerprint density at radius 2 is 1.54 bits per heavy atom. The molecule has 0 nitrogen and oxygen atoms in total. The minimum Gasteiger partial charge on any atom is -0.0683 e. The van der Waals surface area contributed by atoms with Crippen molar-refractivity contribution in [3.05, 3.63) is 89.0 Å². The Kier molecular flexibility index (Phi) is 3.82. The molecular weight excluding hydrogens is 288 g/mol. The minimum absolute atomic E-state index is 1.05. The lowest BCUT2D eigenvalue weighted by atomic mass is 9.86. The van der Waals surface area contributed by atoms with E-state index in [-0.39, 0.29) is 0 Å². The van der Waals surface area contributed by atoms with Crippen LogP contribution in [0.1, 0.15) is 30.5 Å². The number of benzene rings is 3.